The number of piperazine rings is 1. The Morgan fingerprint density at radius 3 is 2.63 bits per heavy atom. The summed E-state index contributed by atoms with van der Waals surface area (Å²) >= 11 is 3.74. The van der Waals surface area contributed by atoms with Crippen LogP contribution in [-0.2, 0) is 19.5 Å². The Morgan fingerprint density at radius 2 is 2.05 bits per heavy atom. The quantitative estimate of drug-likeness (QED) is 0.848. The van der Waals surface area contributed by atoms with Gasteiger partial charge in [0.15, 0.2) is 0 Å². The number of likely N-dealkylation sites (N-methyl/N-ethyl adjacent to an activating group) is 1. The minimum Gasteiger partial charge on any atom is -0.301 e. The molecule has 1 unspecified atom stereocenters. The molecule has 0 aliphatic carbocycles. The predicted molar refractivity (Wildman–Crippen MR) is 82.3 cm³/mol. The fraction of sp³-hybridized carbons (Fsp3) is 0.786. The molecule has 108 valence electrons. The maximum absolute atomic E-state index is 4.68. The Kier molecular flexibility index (Phi) is 5.03. The number of hydrogen-bond acceptors (Lipinski definition) is 3. The molecule has 0 saturated carbocycles. The molecule has 0 radical (unpaired) electrons. The van der Waals surface area contributed by atoms with Gasteiger partial charge in [-0.05, 0) is 43.2 Å². The smallest absolute Gasteiger partial charge is 0.0767 e. The molecule has 1 aliphatic rings. The summed E-state index contributed by atoms with van der Waals surface area (Å²) in [5.41, 5.74) is 2.51. The minimum absolute atomic E-state index is 0.635. The second-order valence-electron chi connectivity index (χ2n) is 5.44. The Hall–Kier alpha value is -0.390. The van der Waals surface area contributed by atoms with Crippen LogP contribution in [0.25, 0.3) is 0 Å². The molecule has 0 N–H and O–H groups in total. The second-order valence-corrected chi connectivity index (χ2v) is 6.23. The third-order valence-electron chi connectivity index (χ3n) is 4.11. The van der Waals surface area contributed by atoms with Gasteiger partial charge in [-0.2, -0.15) is 5.10 Å². The molecule has 4 nitrogen and oxygen atoms in total. The van der Waals surface area contributed by atoms with Gasteiger partial charge in [0.1, 0.15) is 0 Å². The first-order valence-corrected chi connectivity index (χ1v) is 8.02. The van der Waals surface area contributed by atoms with Crippen LogP contribution in [0.3, 0.4) is 0 Å². The summed E-state index contributed by atoms with van der Waals surface area (Å²) in [4.78, 5) is 4.97. The minimum atomic E-state index is 0.635. The van der Waals surface area contributed by atoms with Crippen molar-refractivity contribution in [2.75, 3.05) is 26.7 Å². The lowest BCUT2D eigenvalue weighted by Crippen LogP contribution is -2.49. The summed E-state index contributed by atoms with van der Waals surface area (Å²) in [6.07, 6.45) is 0.986. The summed E-state index contributed by atoms with van der Waals surface area (Å²) in [6.45, 7) is 12.0. The zero-order valence-corrected chi connectivity index (χ0v) is 14.1. The molecule has 1 atom stereocenters. The number of rotatable bonds is 4. The van der Waals surface area contributed by atoms with E-state index in [0.717, 1.165) is 39.1 Å². The van der Waals surface area contributed by atoms with Gasteiger partial charge < -0.3 is 4.90 Å². The van der Waals surface area contributed by atoms with E-state index in [9.17, 15) is 0 Å². The van der Waals surface area contributed by atoms with E-state index in [1.165, 1.54) is 15.9 Å². The Bertz CT molecular complexity index is 429. The van der Waals surface area contributed by atoms with Gasteiger partial charge in [0.25, 0.3) is 0 Å². The Morgan fingerprint density at radius 1 is 1.32 bits per heavy atom. The van der Waals surface area contributed by atoms with E-state index < -0.39 is 0 Å². The molecule has 1 aliphatic heterocycles. The van der Waals surface area contributed by atoms with Crippen LogP contribution in [0.4, 0.5) is 0 Å². The second kappa shape index (κ2) is 6.37. The van der Waals surface area contributed by atoms with Gasteiger partial charge in [-0.15, -0.1) is 0 Å². The average molecular weight is 329 g/mol. The highest BCUT2D eigenvalue weighted by atomic mass is 79.9. The largest absolute Gasteiger partial charge is 0.301 e. The summed E-state index contributed by atoms with van der Waals surface area (Å²) in [6, 6.07) is 0.635. The molecular formula is C14H25BrN4. The van der Waals surface area contributed by atoms with Gasteiger partial charge in [-0.25, -0.2) is 0 Å². The Balaban J connectivity index is 2.12. The van der Waals surface area contributed by atoms with Gasteiger partial charge in [-0.3, -0.25) is 9.58 Å². The van der Waals surface area contributed by atoms with Crippen LogP contribution in [0.5, 0.6) is 0 Å². The average Bonchev–Trinajstić information content (AvgIpc) is 2.70. The first-order valence-electron chi connectivity index (χ1n) is 7.23. The molecule has 1 saturated heterocycles. The molecule has 0 bridgehead atoms. The fourth-order valence-corrected chi connectivity index (χ4v) is 3.34. The highest BCUT2D eigenvalue weighted by Gasteiger charge is 2.23. The highest BCUT2D eigenvalue weighted by molar-refractivity contribution is 9.10. The van der Waals surface area contributed by atoms with Crippen molar-refractivity contribution in [1.29, 1.82) is 0 Å². The number of aromatic nitrogens is 2. The van der Waals surface area contributed by atoms with Crippen LogP contribution in [0.1, 0.15) is 32.2 Å². The van der Waals surface area contributed by atoms with Crippen LogP contribution in [0.2, 0.25) is 0 Å². The molecule has 2 rings (SSSR count). The number of halogens is 1. The van der Waals surface area contributed by atoms with Crippen molar-refractivity contribution < 1.29 is 0 Å². The monoisotopic (exact) mass is 328 g/mol. The van der Waals surface area contributed by atoms with E-state index in [1.54, 1.807) is 0 Å². The molecule has 0 spiro atoms. The van der Waals surface area contributed by atoms with Gasteiger partial charge in [0, 0.05) is 38.8 Å². The molecule has 1 aromatic rings. The van der Waals surface area contributed by atoms with E-state index in [2.05, 4.69) is 63.3 Å². The Labute approximate surface area is 124 Å². The van der Waals surface area contributed by atoms with E-state index in [1.807, 2.05) is 0 Å². The van der Waals surface area contributed by atoms with Crippen molar-refractivity contribution in [2.24, 2.45) is 0 Å². The van der Waals surface area contributed by atoms with Crippen molar-refractivity contribution in [3.63, 3.8) is 0 Å². The molecule has 1 aromatic heterocycles. The van der Waals surface area contributed by atoms with E-state index in [0.29, 0.717) is 6.04 Å². The lowest BCUT2D eigenvalue weighted by molar-refractivity contribution is 0.0977. The summed E-state index contributed by atoms with van der Waals surface area (Å²) in [7, 11) is 2.21. The van der Waals surface area contributed by atoms with Crippen LogP contribution < -0.4 is 0 Å². The van der Waals surface area contributed by atoms with Crippen molar-refractivity contribution in [1.82, 2.24) is 19.6 Å². The number of aryl methyl sites for hydroxylation is 2. The molecule has 19 heavy (non-hydrogen) atoms. The molecule has 5 heteroatoms. The molecule has 0 amide bonds. The summed E-state index contributed by atoms with van der Waals surface area (Å²) < 4.78 is 3.36. The number of hydrogen-bond donors (Lipinski definition) is 0. The zero-order valence-electron chi connectivity index (χ0n) is 12.5. The normalized spacial score (nSPS) is 22.1. The van der Waals surface area contributed by atoms with E-state index >= 15 is 0 Å². The SMILES string of the molecule is CCc1nn(CC)c(CN2CCN(C)C(C)C2)c1Br. The highest BCUT2D eigenvalue weighted by Crippen LogP contribution is 2.24. The van der Waals surface area contributed by atoms with Crippen LogP contribution in [-0.4, -0.2) is 52.3 Å². The molecule has 0 aromatic carbocycles. The van der Waals surface area contributed by atoms with Gasteiger partial charge >= 0.3 is 0 Å². The molecule has 2 heterocycles. The zero-order chi connectivity index (χ0) is 14.0. The first-order chi connectivity index (χ1) is 9.06. The lowest BCUT2D eigenvalue weighted by Gasteiger charge is -2.37. The van der Waals surface area contributed by atoms with E-state index in [4.69, 9.17) is 0 Å². The topological polar surface area (TPSA) is 24.3 Å². The van der Waals surface area contributed by atoms with Crippen LogP contribution >= 0.6 is 15.9 Å². The first kappa shape index (κ1) is 15.0. The van der Waals surface area contributed by atoms with E-state index in [-0.39, 0.29) is 0 Å². The standard InChI is InChI=1S/C14H25BrN4/c1-5-12-14(15)13(19(6-2)16-12)10-18-8-7-17(4)11(3)9-18/h11H,5-10H2,1-4H3. The van der Waals surface area contributed by atoms with Crippen molar-refractivity contribution >= 4 is 15.9 Å². The molecule has 1 fully saturated rings. The van der Waals surface area contributed by atoms with Crippen molar-refractivity contribution in [2.45, 2.75) is 46.3 Å². The van der Waals surface area contributed by atoms with Crippen molar-refractivity contribution in [3.8, 4) is 0 Å². The van der Waals surface area contributed by atoms with Gasteiger partial charge in [0.05, 0.1) is 15.9 Å². The fourth-order valence-electron chi connectivity index (χ4n) is 2.65. The summed E-state index contributed by atoms with van der Waals surface area (Å²) in [5, 5.41) is 4.68. The molecular weight excluding hydrogens is 304 g/mol. The van der Waals surface area contributed by atoms with Crippen LogP contribution in [0, 0.1) is 0 Å². The maximum atomic E-state index is 4.68. The third kappa shape index (κ3) is 3.20. The summed E-state index contributed by atoms with van der Waals surface area (Å²) in [5.74, 6) is 0. The maximum Gasteiger partial charge on any atom is 0.0767 e. The third-order valence-corrected chi connectivity index (χ3v) is 5.03. The van der Waals surface area contributed by atoms with Gasteiger partial charge in [-0.1, -0.05) is 6.92 Å². The van der Waals surface area contributed by atoms with Crippen LogP contribution in [0.15, 0.2) is 4.47 Å². The predicted octanol–water partition coefficient (Wildman–Crippen LogP) is 2.36. The number of nitrogens with zero attached hydrogens (tertiary/aromatic N) is 4. The lowest BCUT2D eigenvalue weighted by atomic mass is 10.2. The van der Waals surface area contributed by atoms with Crippen molar-refractivity contribution in [3.05, 3.63) is 15.9 Å². The van der Waals surface area contributed by atoms with Gasteiger partial charge in [0.2, 0.25) is 0 Å².